The Kier molecular flexibility index (Phi) is 5.93. The van der Waals surface area contributed by atoms with E-state index in [1.165, 1.54) is 12.1 Å². The highest BCUT2D eigenvalue weighted by Gasteiger charge is 2.32. The number of hydrogen-bond acceptors (Lipinski definition) is 3. The van der Waals surface area contributed by atoms with Crippen molar-refractivity contribution in [2.24, 2.45) is 0 Å². The minimum atomic E-state index is -4.72. The molecule has 0 aliphatic heterocycles. The molecule has 7 heteroatoms. The fourth-order valence-corrected chi connectivity index (χ4v) is 1.77. The van der Waals surface area contributed by atoms with E-state index in [0.29, 0.717) is 17.7 Å². The third-order valence-corrected chi connectivity index (χ3v) is 2.64. The molecule has 1 rings (SSSR count). The predicted octanol–water partition coefficient (Wildman–Crippen LogP) is 4.18. The Morgan fingerprint density at radius 1 is 1.37 bits per heavy atom. The summed E-state index contributed by atoms with van der Waals surface area (Å²) in [6.07, 6.45) is -4.72. The molecular formula is C12H15BrF3NO2. The van der Waals surface area contributed by atoms with E-state index in [1.807, 2.05) is 13.8 Å². The normalized spacial score (nSPS) is 13.2. The lowest BCUT2D eigenvalue weighted by Crippen LogP contribution is -2.23. The summed E-state index contributed by atoms with van der Waals surface area (Å²) >= 11 is 3.11. The summed E-state index contributed by atoms with van der Waals surface area (Å²) in [6.45, 7) is 4.62. The molecule has 108 valence electrons. The molecule has 3 nitrogen and oxygen atoms in total. The summed E-state index contributed by atoms with van der Waals surface area (Å²) in [5, 5.41) is 2.92. The molecule has 0 aliphatic carbocycles. The van der Waals surface area contributed by atoms with Crippen LogP contribution in [0.4, 0.5) is 18.9 Å². The van der Waals surface area contributed by atoms with Crippen molar-refractivity contribution < 1.29 is 22.6 Å². The first kappa shape index (κ1) is 16.1. The molecule has 19 heavy (non-hydrogen) atoms. The second-order valence-electron chi connectivity index (χ2n) is 3.89. The summed E-state index contributed by atoms with van der Waals surface area (Å²) in [5.74, 6) is -0.273. The molecule has 1 aromatic carbocycles. The standard InChI is InChI=1S/C12H15BrF3NO2/c1-3-18-7-8(2)17-10-5-4-9(13)6-11(10)19-12(14,15)16/h4-6,8,17H,3,7H2,1-2H3. The molecule has 0 fully saturated rings. The number of halogens is 4. The zero-order valence-corrected chi connectivity index (χ0v) is 12.1. The van der Waals surface area contributed by atoms with Gasteiger partial charge in [-0.05, 0) is 32.0 Å². The number of anilines is 1. The molecule has 1 aromatic rings. The smallest absolute Gasteiger partial charge is 0.404 e. The van der Waals surface area contributed by atoms with Crippen molar-refractivity contribution in [1.82, 2.24) is 0 Å². The van der Waals surface area contributed by atoms with Crippen LogP contribution < -0.4 is 10.1 Å². The van der Waals surface area contributed by atoms with Gasteiger partial charge in [-0.2, -0.15) is 0 Å². The zero-order valence-electron chi connectivity index (χ0n) is 10.6. The van der Waals surface area contributed by atoms with Crippen molar-refractivity contribution in [3.63, 3.8) is 0 Å². The Bertz CT molecular complexity index is 412. The van der Waals surface area contributed by atoms with Crippen LogP contribution in [-0.4, -0.2) is 25.6 Å². The van der Waals surface area contributed by atoms with Crippen molar-refractivity contribution in [2.75, 3.05) is 18.5 Å². The lowest BCUT2D eigenvalue weighted by molar-refractivity contribution is -0.274. The maximum Gasteiger partial charge on any atom is 0.573 e. The molecule has 0 saturated heterocycles. The van der Waals surface area contributed by atoms with E-state index in [-0.39, 0.29) is 17.5 Å². The molecular weight excluding hydrogens is 327 g/mol. The Hall–Kier alpha value is -0.950. The minimum absolute atomic E-state index is 0.128. The van der Waals surface area contributed by atoms with Crippen molar-refractivity contribution in [2.45, 2.75) is 26.3 Å². The van der Waals surface area contributed by atoms with Gasteiger partial charge >= 0.3 is 6.36 Å². The highest BCUT2D eigenvalue weighted by molar-refractivity contribution is 9.10. The molecule has 0 aromatic heterocycles. The van der Waals surface area contributed by atoms with Gasteiger partial charge in [0.2, 0.25) is 0 Å². The Morgan fingerprint density at radius 3 is 2.63 bits per heavy atom. The lowest BCUT2D eigenvalue weighted by atomic mass is 10.2. The van der Waals surface area contributed by atoms with E-state index >= 15 is 0 Å². The third-order valence-electron chi connectivity index (χ3n) is 2.14. The van der Waals surface area contributed by atoms with Crippen LogP contribution in [0.1, 0.15) is 13.8 Å². The first-order valence-corrected chi connectivity index (χ1v) is 6.50. The molecule has 0 saturated carbocycles. The quantitative estimate of drug-likeness (QED) is 0.841. The summed E-state index contributed by atoms with van der Waals surface area (Å²) in [7, 11) is 0. The van der Waals surface area contributed by atoms with Crippen LogP contribution in [0.15, 0.2) is 22.7 Å². The average Bonchev–Trinajstić information content (AvgIpc) is 2.28. The maximum absolute atomic E-state index is 12.3. The number of ether oxygens (including phenoxy) is 2. The van der Waals surface area contributed by atoms with Crippen LogP contribution in [0.25, 0.3) is 0 Å². The van der Waals surface area contributed by atoms with Gasteiger partial charge in [0.15, 0.2) is 5.75 Å². The van der Waals surface area contributed by atoms with Crippen LogP contribution >= 0.6 is 15.9 Å². The topological polar surface area (TPSA) is 30.5 Å². The van der Waals surface area contributed by atoms with Crippen LogP contribution in [0.5, 0.6) is 5.75 Å². The lowest BCUT2D eigenvalue weighted by Gasteiger charge is -2.19. The highest BCUT2D eigenvalue weighted by atomic mass is 79.9. The monoisotopic (exact) mass is 341 g/mol. The van der Waals surface area contributed by atoms with Gasteiger partial charge in [0.25, 0.3) is 0 Å². The molecule has 0 amide bonds. The van der Waals surface area contributed by atoms with Gasteiger partial charge in [-0.1, -0.05) is 15.9 Å². The zero-order chi connectivity index (χ0) is 14.5. The predicted molar refractivity (Wildman–Crippen MR) is 70.4 cm³/mol. The van der Waals surface area contributed by atoms with Crippen molar-refractivity contribution in [1.29, 1.82) is 0 Å². The van der Waals surface area contributed by atoms with E-state index in [2.05, 4.69) is 26.0 Å². The van der Waals surface area contributed by atoms with Gasteiger partial charge < -0.3 is 14.8 Å². The third kappa shape index (κ3) is 6.15. The average molecular weight is 342 g/mol. The molecule has 0 heterocycles. The van der Waals surface area contributed by atoms with Gasteiger partial charge in [-0.3, -0.25) is 0 Å². The van der Waals surface area contributed by atoms with E-state index < -0.39 is 6.36 Å². The summed E-state index contributed by atoms with van der Waals surface area (Å²) in [6, 6.07) is 4.30. The fraction of sp³-hybridized carbons (Fsp3) is 0.500. The molecule has 0 bridgehead atoms. The largest absolute Gasteiger partial charge is 0.573 e. The second-order valence-corrected chi connectivity index (χ2v) is 4.81. The van der Waals surface area contributed by atoms with Gasteiger partial charge in [-0.15, -0.1) is 13.2 Å². The maximum atomic E-state index is 12.3. The molecule has 1 unspecified atom stereocenters. The molecule has 0 radical (unpaired) electrons. The second kappa shape index (κ2) is 7.00. The van der Waals surface area contributed by atoms with E-state index in [0.717, 1.165) is 0 Å². The van der Waals surface area contributed by atoms with Crippen LogP contribution in [-0.2, 0) is 4.74 Å². The SMILES string of the molecule is CCOCC(C)Nc1ccc(Br)cc1OC(F)(F)F. The molecule has 1 N–H and O–H groups in total. The Balaban J connectivity index is 2.81. The summed E-state index contributed by atoms with van der Waals surface area (Å²) in [4.78, 5) is 0. The fourth-order valence-electron chi connectivity index (χ4n) is 1.43. The molecule has 1 atom stereocenters. The number of hydrogen-bond donors (Lipinski definition) is 1. The van der Waals surface area contributed by atoms with E-state index in [1.54, 1.807) is 6.07 Å². The van der Waals surface area contributed by atoms with Gasteiger partial charge in [0.1, 0.15) is 0 Å². The van der Waals surface area contributed by atoms with Gasteiger partial charge in [0, 0.05) is 17.1 Å². The Labute approximate surface area is 118 Å². The number of nitrogens with one attached hydrogen (secondary N) is 1. The van der Waals surface area contributed by atoms with E-state index in [9.17, 15) is 13.2 Å². The van der Waals surface area contributed by atoms with Crippen LogP contribution in [0.3, 0.4) is 0 Å². The van der Waals surface area contributed by atoms with Gasteiger partial charge in [-0.25, -0.2) is 0 Å². The first-order chi connectivity index (χ1) is 8.81. The number of rotatable bonds is 6. The van der Waals surface area contributed by atoms with Gasteiger partial charge in [0.05, 0.1) is 12.3 Å². The minimum Gasteiger partial charge on any atom is -0.404 e. The number of alkyl halides is 3. The Morgan fingerprint density at radius 2 is 2.05 bits per heavy atom. The summed E-state index contributed by atoms with van der Waals surface area (Å²) in [5.41, 5.74) is 0.271. The van der Waals surface area contributed by atoms with Crippen molar-refractivity contribution >= 4 is 21.6 Å². The first-order valence-electron chi connectivity index (χ1n) is 5.71. The van der Waals surface area contributed by atoms with Crippen LogP contribution in [0, 0.1) is 0 Å². The number of benzene rings is 1. The van der Waals surface area contributed by atoms with Crippen molar-refractivity contribution in [3.05, 3.63) is 22.7 Å². The van der Waals surface area contributed by atoms with Crippen LogP contribution in [0.2, 0.25) is 0 Å². The highest BCUT2D eigenvalue weighted by Crippen LogP contribution is 2.33. The molecule has 0 aliphatic rings. The van der Waals surface area contributed by atoms with Crippen molar-refractivity contribution in [3.8, 4) is 5.75 Å². The van der Waals surface area contributed by atoms with E-state index in [4.69, 9.17) is 4.74 Å². The molecule has 0 spiro atoms. The summed E-state index contributed by atoms with van der Waals surface area (Å²) < 4.78 is 46.6.